The molecule has 0 aromatic carbocycles. The van der Waals surface area contributed by atoms with E-state index in [9.17, 15) is 0 Å². The predicted molar refractivity (Wildman–Crippen MR) is 148 cm³/mol. The highest BCUT2D eigenvalue weighted by molar-refractivity contribution is 6.60. The molecule has 0 atom stereocenters. The number of hydrogen-bond acceptors (Lipinski definition) is 4. The van der Waals surface area contributed by atoms with Gasteiger partial charge in [-0.3, -0.25) is 0 Å². The molecule has 0 saturated heterocycles. The van der Waals surface area contributed by atoms with Gasteiger partial charge in [0.1, 0.15) is 0 Å². The van der Waals surface area contributed by atoms with Crippen molar-refractivity contribution in [3.8, 4) is 0 Å². The summed E-state index contributed by atoms with van der Waals surface area (Å²) in [5, 5.41) is 0. The Labute approximate surface area is 210 Å². The van der Waals surface area contributed by atoms with Gasteiger partial charge in [-0.25, -0.2) is 0 Å². The Morgan fingerprint density at radius 2 is 0.576 bits per heavy atom. The highest BCUT2D eigenvalue weighted by Crippen LogP contribution is 2.19. The van der Waals surface area contributed by atoms with Gasteiger partial charge in [-0.05, 0) is 6.42 Å². The fourth-order valence-electron chi connectivity index (χ4n) is 4.68. The molecule has 0 heterocycles. The Bertz CT molecular complexity index is 346. The highest BCUT2D eigenvalue weighted by atomic mass is 28.4. The number of unbranched alkanes of at least 4 members (excludes halogenated alkanes) is 22. The SMILES string of the molecule is CCCCCCCCCCCCCCCCCCCCCCCCC[Si](OC)(OC)OC.N. The van der Waals surface area contributed by atoms with Crippen molar-refractivity contribution in [2.45, 2.75) is 161 Å². The molecule has 0 aliphatic carbocycles. The maximum absolute atomic E-state index is 5.48. The second-order valence-corrected chi connectivity index (χ2v) is 12.9. The third kappa shape index (κ3) is 23.6. The molecule has 0 fully saturated rings. The molecular weight excluding hydrogens is 426 g/mol. The fourth-order valence-corrected chi connectivity index (χ4v) is 6.48. The van der Waals surface area contributed by atoms with E-state index in [1.165, 1.54) is 141 Å². The van der Waals surface area contributed by atoms with Gasteiger partial charge in [0.2, 0.25) is 0 Å². The second kappa shape index (κ2) is 28.3. The van der Waals surface area contributed by atoms with Crippen molar-refractivity contribution in [1.82, 2.24) is 6.15 Å². The minimum absolute atomic E-state index is 0. The maximum Gasteiger partial charge on any atom is 0.500 e. The van der Waals surface area contributed by atoms with Crippen LogP contribution in [0.2, 0.25) is 6.04 Å². The van der Waals surface area contributed by atoms with Crippen LogP contribution < -0.4 is 6.15 Å². The van der Waals surface area contributed by atoms with E-state index >= 15 is 0 Å². The van der Waals surface area contributed by atoms with Crippen LogP contribution in [0.15, 0.2) is 0 Å². The Balaban J connectivity index is 0. The van der Waals surface area contributed by atoms with Crippen molar-refractivity contribution in [2.75, 3.05) is 21.3 Å². The van der Waals surface area contributed by atoms with Crippen molar-refractivity contribution in [3.05, 3.63) is 0 Å². The van der Waals surface area contributed by atoms with E-state index in [2.05, 4.69) is 6.92 Å². The molecule has 5 heteroatoms. The van der Waals surface area contributed by atoms with Crippen LogP contribution in [-0.2, 0) is 13.3 Å². The van der Waals surface area contributed by atoms with Crippen LogP contribution >= 0.6 is 0 Å². The van der Waals surface area contributed by atoms with Crippen LogP contribution in [0.4, 0.5) is 0 Å². The van der Waals surface area contributed by atoms with E-state index in [1.807, 2.05) is 0 Å². The molecule has 0 aromatic heterocycles. The first-order valence-corrected chi connectivity index (χ1v) is 16.3. The minimum atomic E-state index is -2.33. The molecular formula is C28H63NO3Si. The summed E-state index contributed by atoms with van der Waals surface area (Å²) in [7, 11) is 2.78. The molecule has 4 nitrogen and oxygen atoms in total. The molecule has 0 bridgehead atoms. The average Bonchev–Trinajstić information content (AvgIpc) is 2.82. The summed E-state index contributed by atoms with van der Waals surface area (Å²) in [6.45, 7) is 2.30. The highest BCUT2D eigenvalue weighted by Gasteiger charge is 2.36. The van der Waals surface area contributed by atoms with Crippen molar-refractivity contribution in [1.29, 1.82) is 0 Å². The molecule has 0 amide bonds. The molecule has 0 spiro atoms. The van der Waals surface area contributed by atoms with Gasteiger partial charge in [-0.2, -0.15) is 0 Å². The van der Waals surface area contributed by atoms with Crippen LogP contribution in [-0.4, -0.2) is 30.1 Å². The van der Waals surface area contributed by atoms with Gasteiger partial charge >= 0.3 is 8.80 Å². The Morgan fingerprint density at radius 3 is 0.788 bits per heavy atom. The third-order valence-electron chi connectivity index (χ3n) is 7.02. The smallest absolute Gasteiger partial charge is 0.377 e. The Kier molecular flexibility index (Phi) is 30.2. The molecule has 202 valence electrons. The summed E-state index contributed by atoms with van der Waals surface area (Å²) in [6, 6.07) is 0.940. The molecule has 3 N–H and O–H groups in total. The standard InChI is InChI=1S/C28H60O3Si.H3N/c1-5-6-7-8-9-10-11-12-13-14-15-16-17-18-19-20-21-22-23-24-25-26-27-28-32(29-2,30-3)31-4;/h5-28H2,1-4H3;1H3. The molecule has 0 unspecified atom stereocenters. The van der Waals surface area contributed by atoms with Gasteiger partial charge in [0, 0.05) is 27.4 Å². The van der Waals surface area contributed by atoms with Crippen LogP contribution in [0.3, 0.4) is 0 Å². The lowest BCUT2D eigenvalue weighted by Crippen LogP contribution is -2.42. The summed E-state index contributed by atoms with van der Waals surface area (Å²) >= 11 is 0. The van der Waals surface area contributed by atoms with Crippen LogP contribution in [0, 0.1) is 0 Å². The van der Waals surface area contributed by atoms with Crippen LogP contribution in [0.1, 0.15) is 155 Å². The zero-order valence-electron chi connectivity index (χ0n) is 23.4. The normalized spacial score (nSPS) is 11.6. The summed E-state index contributed by atoms with van der Waals surface area (Å²) < 4.78 is 16.4. The second-order valence-electron chi connectivity index (χ2n) is 9.82. The Morgan fingerprint density at radius 1 is 0.364 bits per heavy atom. The van der Waals surface area contributed by atoms with E-state index in [0.717, 1.165) is 12.5 Å². The fraction of sp³-hybridized carbons (Fsp3) is 1.00. The number of rotatable bonds is 27. The zero-order chi connectivity index (χ0) is 23.6. The maximum atomic E-state index is 5.48. The monoisotopic (exact) mass is 489 g/mol. The molecule has 0 rings (SSSR count). The minimum Gasteiger partial charge on any atom is -0.377 e. The summed E-state index contributed by atoms with van der Waals surface area (Å²) in [5.74, 6) is 0. The first kappa shape index (κ1) is 35.2. The van der Waals surface area contributed by atoms with Gasteiger partial charge in [-0.1, -0.05) is 148 Å². The summed E-state index contributed by atoms with van der Waals surface area (Å²) in [4.78, 5) is 0. The van der Waals surface area contributed by atoms with Crippen LogP contribution in [0.25, 0.3) is 0 Å². The topological polar surface area (TPSA) is 62.7 Å². The first-order chi connectivity index (χ1) is 15.7. The van der Waals surface area contributed by atoms with Crippen molar-refractivity contribution in [2.24, 2.45) is 0 Å². The average molecular weight is 490 g/mol. The lowest BCUT2D eigenvalue weighted by molar-refractivity contribution is 0.122. The third-order valence-corrected chi connectivity index (χ3v) is 9.85. The predicted octanol–water partition coefficient (Wildman–Crippen LogP) is 10.0. The lowest BCUT2D eigenvalue weighted by Gasteiger charge is -2.24. The molecule has 33 heavy (non-hydrogen) atoms. The van der Waals surface area contributed by atoms with Crippen molar-refractivity contribution < 1.29 is 13.3 Å². The van der Waals surface area contributed by atoms with Gasteiger partial charge in [0.15, 0.2) is 0 Å². The molecule has 0 saturated carbocycles. The quantitative estimate of drug-likeness (QED) is 0.0920. The first-order valence-electron chi connectivity index (χ1n) is 14.4. The lowest BCUT2D eigenvalue weighted by atomic mass is 10.0. The van der Waals surface area contributed by atoms with E-state index < -0.39 is 8.80 Å². The Hall–Kier alpha value is 0.0569. The van der Waals surface area contributed by atoms with E-state index in [0.29, 0.717) is 0 Å². The van der Waals surface area contributed by atoms with Crippen molar-refractivity contribution in [3.63, 3.8) is 0 Å². The zero-order valence-corrected chi connectivity index (χ0v) is 24.4. The molecule has 0 aromatic rings. The van der Waals surface area contributed by atoms with Crippen LogP contribution in [0.5, 0.6) is 0 Å². The number of hydrogen-bond donors (Lipinski definition) is 1. The summed E-state index contributed by atoms with van der Waals surface area (Å²) in [5.41, 5.74) is 0. The molecule has 0 aliphatic rings. The van der Waals surface area contributed by atoms with Gasteiger partial charge < -0.3 is 19.4 Å². The molecule has 0 aliphatic heterocycles. The largest absolute Gasteiger partial charge is 0.500 e. The van der Waals surface area contributed by atoms with E-state index in [4.69, 9.17) is 13.3 Å². The van der Waals surface area contributed by atoms with Crippen molar-refractivity contribution >= 4 is 8.80 Å². The molecule has 0 radical (unpaired) electrons. The van der Waals surface area contributed by atoms with E-state index in [-0.39, 0.29) is 6.15 Å². The van der Waals surface area contributed by atoms with Gasteiger partial charge in [-0.15, -0.1) is 0 Å². The van der Waals surface area contributed by atoms with Gasteiger partial charge in [0.05, 0.1) is 0 Å². The van der Waals surface area contributed by atoms with E-state index in [1.54, 1.807) is 21.3 Å². The van der Waals surface area contributed by atoms with Gasteiger partial charge in [0.25, 0.3) is 0 Å². The summed E-state index contributed by atoms with van der Waals surface area (Å²) in [6.07, 6.45) is 32.7.